The summed E-state index contributed by atoms with van der Waals surface area (Å²) in [6.07, 6.45) is 0.927. The second kappa shape index (κ2) is 8.71. The van der Waals surface area contributed by atoms with Crippen LogP contribution in [-0.4, -0.2) is 25.0 Å². The van der Waals surface area contributed by atoms with Crippen LogP contribution in [0.2, 0.25) is 10.0 Å². The van der Waals surface area contributed by atoms with Gasteiger partial charge in [0, 0.05) is 10.6 Å². The molecule has 0 fully saturated rings. The summed E-state index contributed by atoms with van der Waals surface area (Å²) < 4.78 is 10.2. The molecule has 0 N–H and O–H groups in total. The molecule has 0 aliphatic carbocycles. The molecule has 24 heavy (non-hydrogen) atoms. The SMILES string of the molecule is CCc1ccc(OCC(=O)OCC(=O)c2cc(Cl)ccc2Cl)cc1. The maximum atomic E-state index is 12.0. The predicted octanol–water partition coefficient (Wildman–Crippen LogP) is 4.36. The monoisotopic (exact) mass is 366 g/mol. The normalized spacial score (nSPS) is 10.3. The average Bonchev–Trinajstić information content (AvgIpc) is 2.60. The maximum Gasteiger partial charge on any atom is 0.344 e. The van der Waals surface area contributed by atoms with E-state index in [1.165, 1.54) is 17.7 Å². The van der Waals surface area contributed by atoms with E-state index in [1.807, 2.05) is 12.1 Å². The van der Waals surface area contributed by atoms with E-state index in [2.05, 4.69) is 6.92 Å². The van der Waals surface area contributed by atoms with Crippen molar-refractivity contribution in [2.24, 2.45) is 0 Å². The minimum absolute atomic E-state index is 0.216. The second-order valence-corrected chi connectivity index (χ2v) is 5.84. The van der Waals surface area contributed by atoms with Crippen molar-refractivity contribution in [3.8, 4) is 5.75 Å². The van der Waals surface area contributed by atoms with Crippen LogP contribution in [-0.2, 0) is 16.0 Å². The Balaban J connectivity index is 1.82. The highest BCUT2D eigenvalue weighted by Crippen LogP contribution is 2.21. The van der Waals surface area contributed by atoms with Gasteiger partial charge in [-0.15, -0.1) is 0 Å². The Morgan fingerprint density at radius 1 is 1.00 bits per heavy atom. The van der Waals surface area contributed by atoms with E-state index in [0.29, 0.717) is 10.8 Å². The number of rotatable bonds is 7. The molecule has 0 heterocycles. The van der Waals surface area contributed by atoms with Gasteiger partial charge < -0.3 is 9.47 Å². The van der Waals surface area contributed by atoms with Crippen LogP contribution in [0.5, 0.6) is 5.75 Å². The summed E-state index contributed by atoms with van der Waals surface area (Å²) in [5.74, 6) is -0.502. The van der Waals surface area contributed by atoms with Gasteiger partial charge in [0.05, 0.1) is 5.02 Å². The summed E-state index contributed by atoms with van der Waals surface area (Å²) in [4.78, 5) is 23.7. The molecule has 126 valence electrons. The minimum atomic E-state index is -0.638. The lowest BCUT2D eigenvalue weighted by Crippen LogP contribution is -2.19. The lowest BCUT2D eigenvalue weighted by atomic mass is 10.1. The topological polar surface area (TPSA) is 52.6 Å². The Kier molecular flexibility index (Phi) is 6.64. The zero-order valence-corrected chi connectivity index (χ0v) is 14.6. The second-order valence-electron chi connectivity index (χ2n) is 4.99. The third kappa shape index (κ3) is 5.25. The number of hydrogen-bond donors (Lipinski definition) is 0. The molecule has 0 spiro atoms. The zero-order valence-electron chi connectivity index (χ0n) is 13.1. The molecule has 0 aliphatic heterocycles. The fourth-order valence-electron chi connectivity index (χ4n) is 1.94. The molecule has 2 aromatic rings. The molecule has 0 unspecified atom stereocenters. The van der Waals surface area contributed by atoms with Crippen LogP contribution in [0.25, 0.3) is 0 Å². The van der Waals surface area contributed by atoms with Crippen LogP contribution in [0.3, 0.4) is 0 Å². The first-order valence-corrected chi connectivity index (χ1v) is 8.10. The third-order valence-electron chi connectivity index (χ3n) is 3.28. The Hall–Kier alpha value is -2.04. The van der Waals surface area contributed by atoms with E-state index in [1.54, 1.807) is 18.2 Å². The molecule has 0 aliphatic rings. The molecule has 0 saturated heterocycles. The van der Waals surface area contributed by atoms with Gasteiger partial charge >= 0.3 is 5.97 Å². The number of esters is 1. The average molecular weight is 367 g/mol. The van der Waals surface area contributed by atoms with Crippen LogP contribution >= 0.6 is 23.2 Å². The smallest absolute Gasteiger partial charge is 0.344 e. The van der Waals surface area contributed by atoms with Crippen molar-refractivity contribution in [2.45, 2.75) is 13.3 Å². The number of aryl methyl sites for hydroxylation is 1. The number of halogens is 2. The van der Waals surface area contributed by atoms with Gasteiger partial charge in [0.25, 0.3) is 0 Å². The molecule has 0 atom stereocenters. The summed E-state index contributed by atoms with van der Waals surface area (Å²) >= 11 is 11.8. The fraction of sp³-hybridized carbons (Fsp3) is 0.222. The summed E-state index contributed by atoms with van der Waals surface area (Å²) in [7, 11) is 0. The molecule has 0 amide bonds. The Morgan fingerprint density at radius 3 is 2.38 bits per heavy atom. The highest BCUT2D eigenvalue weighted by atomic mass is 35.5. The minimum Gasteiger partial charge on any atom is -0.482 e. The molecule has 2 aromatic carbocycles. The van der Waals surface area contributed by atoms with Crippen molar-refractivity contribution >= 4 is 35.0 Å². The largest absolute Gasteiger partial charge is 0.482 e. The lowest BCUT2D eigenvalue weighted by Gasteiger charge is -2.08. The van der Waals surface area contributed by atoms with Crippen molar-refractivity contribution in [1.29, 1.82) is 0 Å². The molecule has 0 saturated carbocycles. The van der Waals surface area contributed by atoms with Gasteiger partial charge in [-0.1, -0.05) is 42.3 Å². The van der Waals surface area contributed by atoms with E-state index >= 15 is 0 Å². The molecule has 0 aromatic heterocycles. The van der Waals surface area contributed by atoms with E-state index in [4.69, 9.17) is 32.7 Å². The summed E-state index contributed by atoms with van der Waals surface area (Å²) in [5.41, 5.74) is 1.39. The number of hydrogen-bond acceptors (Lipinski definition) is 4. The van der Waals surface area contributed by atoms with Crippen molar-refractivity contribution in [1.82, 2.24) is 0 Å². The Morgan fingerprint density at radius 2 is 1.71 bits per heavy atom. The number of ether oxygens (including phenoxy) is 2. The first-order valence-electron chi connectivity index (χ1n) is 7.35. The van der Waals surface area contributed by atoms with Gasteiger partial charge in [-0.2, -0.15) is 0 Å². The number of ketones is 1. The van der Waals surface area contributed by atoms with Crippen LogP contribution in [0.4, 0.5) is 0 Å². The highest BCUT2D eigenvalue weighted by molar-refractivity contribution is 6.36. The van der Waals surface area contributed by atoms with Crippen LogP contribution in [0.15, 0.2) is 42.5 Å². The van der Waals surface area contributed by atoms with Gasteiger partial charge in [0.1, 0.15) is 5.75 Å². The van der Waals surface area contributed by atoms with Gasteiger partial charge in [0.15, 0.2) is 13.2 Å². The molecule has 0 radical (unpaired) electrons. The first-order chi connectivity index (χ1) is 11.5. The van der Waals surface area contributed by atoms with Crippen LogP contribution < -0.4 is 4.74 Å². The van der Waals surface area contributed by atoms with Crippen molar-refractivity contribution in [2.75, 3.05) is 13.2 Å². The van der Waals surface area contributed by atoms with Crippen LogP contribution in [0.1, 0.15) is 22.8 Å². The van der Waals surface area contributed by atoms with Gasteiger partial charge in [-0.25, -0.2) is 4.79 Å². The van der Waals surface area contributed by atoms with Crippen molar-refractivity contribution < 1.29 is 19.1 Å². The molecule has 6 heteroatoms. The van der Waals surface area contributed by atoms with Crippen LogP contribution in [0, 0.1) is 0 Å². The summed E-state index contributed by atoms with van der Waals surface area (Å²) in [6.45, 7) is 1.36. The van der Waals surface area contributed by atoms with E-state index in [9.17, 15) is 9.59 Å². The zero-order chi connectivity index (χ0) is 17.5. The van der Waals surface area contributed by atoms with E-state index < -0.39 is 18.4 Å². The van der Waals surface area contributed by atoms with Crippen molar-refractivity contribution in [3.05, 3.63) is 63.6 Å². The molecule has 4 nitrogen and oxygen atoms in total. The van der Waals surface area contributed by atoms with Gasteiger partial charge in [-0.3, -0.25) is 4.79 Å². The summed E-state index contributed by atoms with van der Waals surface area (Å²) in [6, 6.07) is 11.9. The fourth-order valence-corrected chi connectivity index (χ4v) is 2.34. The molecular weight excluding hydrogens is 351 g/mol. The number of carbonyl (C=O) groups is 2. The molecule has 0 bridgehead atoms. The summed E-state index contributed by atoms with van der Waals surface area (Å²) in [5, 5.41) is 0.639. The van der Waals surface area contributed by atoms with E-state index in [0.717, 1.165) is 6.42 Å². The lowest BCUT2D eigenvalue weighted by molar-refractivity contribution is -0.144. The Bertz CT molecular complexity index is 726. The maximum absolute atomic E-state index is 12.0. The number of benzene rings is 2. The highest BCUT2D eigenvalue weighted by Gasteiger charge is 2.14. The molecular formula is C18H16Cl2O4. The Labute approximate surface area is 150 Å². The predicted molar refractivity (Wildman–Crippen MR) is 93.1 cm³/mol. The molecule has 2 rings (SSSR count). The third-order valence-corrected chi connectivity index (χ3v) is 3.85. The first kappa shape index (κ1) is 18.3. The van der Waals surface area contributed by atoms with Gasteiger partial charge in [0.2, 0.25) is 5.78 Å². The standard InChI is InChI=1S/C18H16Cl2O4/c1-2-12-3-6-14(7-4-12)23-11-18(22)24-10-17(21)15-9-13(19)5-8-16(15)20/h3-9H,2,10-11H2,1H3. The number of Topliss-reactive ketones (excluding diaryl/α,β-unsaturated/α-hetero) is 1. The van der Waals surface area contributed by atoms with Gasteiger partial charge in [-0.05, 0) is 42.3 Å². The van der Waals surface area contributed by atoms with Crippen molar-refractivity contribution in [3.63, 3.8) is 0 Å². The van der Waals surface area contributed by atoms with E-state index in [-0.39, 0.29) is 17.2 Å². The quantitative estimate of drug-likeness (QED) is 0.539. The number of carbonyl (C=O) groups excluding carboxylic acids is 2.